The molecule has 0 radical (unpaired) electrons. The van der Waals surface area contributed by atoms with Gasteiger partial charge >= 0.3 is 0 Å². The highest BCUT2D eigenvalue weighted by molar-refractivity contribution is 6.33. The number of amides is 1. The average molecular weight is 483 g/mol. The second kappa shape index (κ2) is 8.74. The minimum absolute atomic E-state index is 0.0261. The van der Waals surface area contributed by atoms with Gasteiger partial charge in [0.05, 0.1) is 28.0 Å². The molecule has 0 spiro atoms. The van der Waals surface area contributed by atoms with E-state index in [1.54, 1.807) is 6.20 Å². The number of imidazole rings is 1. The number of hydroxylamine groups is 1. The van der Waals surface area contributed by atoms with Crippen LogP contribution >= 0.6 is 11.6 Å². The van der Waals surface area contributed by atoms with E-state index in [4.69, 9.17) is 27.2 Å². The highest BCUT2D eigenvalue weighted by Gasteiger charge is 2.33. The van der Waals surface area contributed by atoms with Crippen LogP contribution in [0.3, 0.4) is 0 Å². The van der Waals surface area contributed by atoms with E-state index < -0.39 is 5.60 Å². The molecule has 9 heteroatoms. The zero-order valence-corrected chi connectivity index (χ0v) is 20.5. The van der Waals surface area contributed by atoms with Gasteiger partial charge in [-0.2, -0.15) is 0 Å². The third-order valence-electron chi connectivity index (χ3n) is 6.73. The largest absolute Gasteiger partial charge is 0.382 e. The van der Waals surface area contributed by atoms with Gasteiger partial charge in [-0.1, -0.05) is 23.7 Å². The molecule has 4 N–H and O–H groups in total. The molecule has 180 valence electrons. The summed E-state index contributed by atoms with van der Waals surface area (Å²) in [6.45, 7) is 5.74. The number of nitrogens with two attached hydrogens (primary N) is 1. The Kier molecular flexibility index (Phi) is 5.90. The lowest BCUT2D eigenvalue weighted by molar-refractivity contribution is -0.150. The number of nitrogens with one attached hydrogen (secondary N) is 2. The summed E-state index contributed by atoms with van der Waals surface area (Å²) in [6, 6.07) is 5.93. The topological polar surface area (TPSA) is 107 Å². The first-order valence-electron chi connectivity index (χ1n) is 11.9. The van der Waals surface area contributed by atoms with Gasteiger partial charge in [-0.15, -0.1) is 0 Å². The van der Waals surface area contributed by atoms with Crippen LogP contribution in [-0.4, -0.2) is 25.9 Å². The maximum absolute atomic E-state index is 12.6. The lowest BCUT2D eigenvalue weighted by Crippen LogP contribution is -2.38. The number of fused-ring (bicyclic) bond motifs is 2. The maximum atomic E-state index is 12.6. The van der Waals surface area contributed by atoms with Gasteiger partial charge in [0.25, 0.3) is 0 Å². The number of aromatic nitrogens is 3. The van der Waals surface area contributed by atoms with E-state index in [0.717, 1.165) is 54.8 Å². The van der Waals surface area contributed by atoms with Crippen molar-refractivity contribution in [1.29, 1.82) is 0 Å². The SMILES string of the molecule is CC(C)(C)ONC(=O)C1CCC(c2nc(C3Cc4cccc(Cl)c4N3)c3c(N)nccn23)CC1. The first-order chi connectivity index (χ1) is 16.2. The zero-order chi connectivity index (χ0) is 24.0. The fraction of sp³-hybridized carbons (Fsp3) is 0.480. The summed E-state index contributed by atoms with van der Waals surface area (Å²) < 4.78 is 2.08. The summed E-state index contributed by atoms with van der Waals surface area (Å²) in [6.07, 6.45) is 7.76. The van der Waals surface area contributed by atoms with Crippen molar-refractivity contribution in [2.24, 2.45) is 5.92 Å². The molecule has 0 bridgehead atoms. The van der Waals surface area contributed by atoms with E-state index in [0.29, 0.717) is 10.8 Å². The predicted molar refractivity (Wildman–Crippen MR) is 133 cm³/mol. The minimum Gasteiger partial charge on any atom is -0.382 e. The number of carbonyl (C=O) groups excluding carboxylic acids is 1. The molecule has 3 heterocycles. The minimum atomic E-state index is -0.413. The molecule has 1 amide bonds. The molecular weight excluding hydrogens is 452 g/mol. The Morgan fingerprint density at radius 1 is 1.26 bits per heavy atom. The van der Waals surface area contributed by atoms with Gasteiger partial charge in [0.15, 0.2) is 0 Å². The zero-order valence-electron chi connectivity index (χ0n) is 19.8. The fourth-order valence-corrected chi connectivity index (χ4v) is 5.31. The number of halogens is 1. The molecule has 1 aliphatic heterocycles. The normalized spacial score (nSPS) is 22.4. The summed E-state index contributed by atoms with van der Waals surface area (Å²) in [5.41, 5.74) is 12.4. The van der Waals surface area contributed by atoms with Gasteiger partial charge < -0.3 is 11.1 Å². The number of anilines is 2. The fourth-order valence-electron chi connectivity index (χ4n) is 5.06. The van der Waals surface area contributed by atoms with Gasteiger partial charge in [-0.3, -0.25) is 14.0 Å². The van der Waals surface area contributed by atoms with E-state index in [1.807, 2.05) is 39.1 Å². The lowest BCUT2D eigenvalue weighted by Gasteiger charge is -2.28. The number of benzene rings is 1. The van der Waals surface area contributed by atoms with Crippen LogP contribution in [-0.2, 0) is 16.1 Å². The second-order valence-electron chi connectivity index (χ2n) is 10.3. The molecule has 5 rings (SSSR count). The Morgan fingerprint density at radius 2 is 2.03 bits per heavy atom. The van der Waals surface area contributed by atoms with Crippen molar-refractivity contribution in [3.63, 3.8) is 0 Å². The summed E-state index contributed by atoms with van der Waals surface area (Å²) in [7, 11) is 0. The number of para-hydroxylation sites is 1. The average Bonchev–Trinajstić information content (AvgIpc) is 3.40. The van der Waals surface area contributed by atoms with Crippen LogP contribution in [0.1, 0.15) is 75.5 Å². The standard InChI is InChI=1S/C25H31ClN6O2/c1-25(2,3)34-31-24(33)15-9-7-14(8-10-15)23-30-20(21-22(27)28-11-12-32(21)23)18-13-16-5-4-6-17(26)19(16)29-18/h4-6,11-12,14-15,18,29H,7-10,13H2,1-3H3,(H2,27,28)(H,31,33). The van der Waals surface area contributed by atoms with E-state index >= 15 is 0 Å². The van der Waals surface area contributed by atoms with Crippen LogP contribution in [0.4, 0.5) is 11.5 Å². The van der Waals surface area contributed by atoms with Gasteiger partial charge in [0.2, 0.25) is 5.91 Å². The molecule has 1 atom stereocenters. The maximum Gasteiger partial charge on any atom is 0.246 e. The molecule has 34 heavy (non-hydrogen) atoms. The number of nitrogen functional groups attached to an aromatic ring is 1. The molecule has 3 aromatic rings. The smallest absolute Gasteiger partial charge is 0.246 e. The quantitative estimate of drug-likeness (QED) is 0.461. The first-order valence-corrected chi connectivity index (χ1v) is 12.2. The van der Waals surface area contributed by atoms with E-state index in [9.17, 15) is 4.79 Å². The highest BCUT2D eigenvalue weighted by Crippen LogP contribution is 2.42. The van der Waals surface area contributed by atoms with Crippen molar-refractivity contribution in [2.45, 2.75) is 70.4 Å². The van der Waals surface area contributed by atoms with Crippen LogP contribution in [0.5, 0.6) is 0 Å². The molecular formula is C25H31ClN6O2. The molecule has 1 saturated carbocycles. The Hall–Kier alpha value is -2.84. The molecule has 1 fully saturated rings. The van der Waals surface area contributed by atoms with Crippen molar-refractivity contribution in [2.75, 3.05) is 11.1 Å². The third kappa shape index (κ3) is 4.32. The number of hydrogen-bond acceptors (Lipinski definition) is 6. The Morgan fingerprint density at radius 3 is 2.74 bits per heavy atom. The van der Waals surface area contributed by atoms with Crippen LogP contribution in [0.25, 0.3) is 5.52 Å². The van der Waals surface area contributed by atoms with Crippen molar-refractivity contribution >= 4 is 34.5 Å². The Bertz CT molecular complexity index is 1230. The van der Waals surface area contributed by atoms with Crippen LogP contribution < -0.4 is 16.5 Å². The molecule has 2 aromatic heterocycles. The molecule has 1 aromatic carbocycles. The molecule has 8 nitrogen and oxygen atoms in total. The Labute approximate surface area is 204 Å². The van der Waals surface area contributed by atoms with E-state index in [2.05, 4.69) is 26.2 Å². The van der Waals surface area contributed by atoms with Gasteiger partial charge in [-0.25, -0.2) is 15.4 Å². The van der Waals surface area contributed by atoms with E-state index in [1.165, 1.54) is 5.56 Å². The lowest BCUT2D eigenvalue weighted by atomic mass is 9.81. The number of rotatable bonds is 4. The molecule has 1 unspecified atom stereocenters. The van der Waals surface area contributed by atoms with Gasteiger partial charge in [0.1, 0.15) is 17.2 Å². The number of hydrogen-bond donors (Lipinski definition) is 3. The summed E-state index contributed by atoms with van der Waals surface area (Å²) >= 11 is 6.42. The number of nitrogens with zero attached hydrogens (tertiary/aromatic N) is 3. The van der Waals surface area contributed by atoms with Crippen molar-refractivity contribution in [1.82, 2.24) is 19.8 Å². The highest BCUT2D eigenvalue weighted by atomic mass is 35.5. The first kappa shape index (κ1) is 22.9. The van der Waals surface area contributed by atoms with Crippen LogP contribution in [0.2, 0.25) is 5.02 Å². The summed E-state index contributed by atoms with van der Waals surface area (Å²) in [4.78, 5) is 27.5. The molecule has 0 saturated heterocycles. The molecule has 1 aliphatic carbocycles. The Balaban J connectivity index is 1.37. The van der Waals surface area contributed by atoms with E-state index in [-0.39, 0.29) is 23.8 Å². The van der Waals surface area contributed by atoms with Crippen LogP contribution in [0, 0.1) is 5.92 Å². The van der Waals surface area contributed by atoms with Crippen molar-refractivity contribution in [3.05, 3.63) is 52.7 Å². The van der Waals surface area contributed by atoms with Gasteiger partial charge in [0, 0.05) is 30.7 Å². The summed E-state index contributed by atoms with van der Waals surface area (Å²) in [5.74, 6) is 1.59. The molecule has 2 aliphatic rings. The van der Waals surface area contributed by atoms with Gasteiger partial charge in [-0.05, 0) is 58.1 Å². The van der Waals surface area contributed by atoms with Crippen LogP contribution in [0.15, 0.2) is 30.6 Å². The monoisotopic (exact) mass is 482 g/mol. The third-order valence-corrected chi connectivity index (χ3v) is 7.05. The number of carbonyl (C=O) groups is 1. The second-order valence-corrected chi connectivity index (χ2v) is 10.7. The van der Waals surface area contributed by atoms with Crippen molar-refractivity contribution in [3.8, 4) is 0 Å². The van der Waals surface area contributed by atoms with Crippen molar-refractivity contribution < 1.29 is 9.63 Å². The summed E-state index contributed by atoms with van der Waals surface area (Å²) in [5, 5.41) is 4.25. The predicted octanol–water partition coefficient (Wildman–Crippen LogP) is 4.79.